The van der Waals surface area contributed by atoms with Gasteiger partial charge in [-0.15, -0.1) is 0 Å². The summed E-state index contributed by atoms with van der Waals surface area (Å²) in [6, 6.07) is 0. The number of carbonyl (C=O) groups is 1. The lowest BCUT2D eigenvalue weighted by Gasteiger charge is -2.13. The second-order valence-corrected chi connectivity index (χ2v) is 5.78. The van der Waals surface area contributed by atoms with Gasteiger partial charge >= 0.3 is 5.97 Å². The van der Waals surface area contributed by atoms with E-state index in [-0.39, 0.29) is 18.2 Å². The molecule has 0 unspecified atom stereocenters. The molecule has 4 heteroatoms. The fourth-order valence-corrected chi connectivity index (χ4v) is 3.34. The molecule has 3 heterocycles. The van der Waals surface area contributed by atoms with Crippen LogP contribution in [0.3, 0.4) is 0 Å². The number of hydrogen-bond acceptors (Lipinski definition) is 4. The van der Waals surface area contributed by atoms with E-state index in [1.807, 2.05) is 6.92 Å². The number of fused-ring (bicyclic) bond motifs is 2. The van der Waals surface area contributed by atoms with Crippen molar-refractivity contribution in [2.75, 3.05) is 0 Å². The van der Waals surface area contributed by atoms with E-state index in [1.54, 1.807) is 6.26 Å². The minimum atomic E-state index is -0.681. The minimum Gasteiger partial charge on any atom is -0.468 e. The zero-order valence-electron chi connectivity index (χ0n) is 11.1. The highest BCUT2D eigenvalue weighted by Crippen LogP contribution is 2.57. The Bertz CT molecular complexity index is 597. The summed E-state index contributed by atoms with van der Waals surface area (Å²) in [5.41, 5.74) is 2.62. The van der Waals surface area contributed by atoms with E-state index in [0.29, 0.717) is 0 Å². The molecule has 1 aliphatic carbocycles. The van der Waals surface area contributed by atoms with Crippen molar-refractivity contribution in [1.82, 2.24) is 0 Å². The molecule has 0 saturated carbocycles. The van der Waals surface area contributed by atoms with Crippen LogP contribution in [0.15, 0.2) is 22.3 Å². The second-order valence-electron chi connectivity index (χ2n) is 5.78. The van der Waals surface area contributed by atoms with Crippen molar-refractivity contribution in [3.8, 4) is 0 Å². The highest BCUT2D eigenvalue weighted by atomic mass is 16.7. The molecular weight excluding hydrogens is 244 g/mol. The monoisotopic (exact) mass is 260 g/mol. The first-order chi connectivity index (χ1) is 9.12. The lowest BCUT2D eigenvalue weighted by molar-refractivity contribution is -0.154. The fourth-order valence-electron chi connectivity index (χ4n) is 3.34. The third kappa shape index (κ3) is 1.40. The molecule has 2 aliphatic heterocycles. The summed E-state index contributed by atoms with van der Waals surface area (Å²) in [5.74, 6) is 0.694. The molecule has 19 heavy (non-hydrogen) atoms. The average molecular weight is 260 g/mol. The number of esters is 1. The fraction of sp³-hybridized carbons (Fsp3) is 0.533. The lowest BCUT2D eigenvalue weighted by Crippen LogP contribution is -2.22. The Hall–Kier alpha value is -1.55. The normalized spacial score (nSPS) is 36.1. The van der Waals surface area contributed by atoms with E-state index in [4.69, 9.17) is 13.9 Å². The van der Waals surface area contributed by atoms with Crippen molar-refractivity contribution in [3.05, 3.63) is 34.8 Å². The molecule has 4 nitrogen and oxygen atoms in total. The van der Waals surface area contributed by atoms with Gasteiger partial charge in [-0.1, -0.05) is 11.6 Å². The Morgan fingerprint density at radius 1 is 1.37 bits per heavy atom. The van der Waals surface area contributed by atoms with E-state index in [1.165, 1.54) is 5.57 Å². The van der Waals surface area contributed by atoms with Crippen LogP contribution in [0, 0.1) is 6.92 Å². The van der Waals surface area contributed by atoms with Crippen molar-refractivity contribution in [2.45, 2.75) is 50.9 Å². The van der Waals surface area contributed by atoms with Gasteiger partial charge in [0, 0.05) is 12.0 Å². The van der Waals surface area contributed by atoms with Crippen LogP contribution in [-0.4, -0.2) is 17.7 Å². The zero-order valence-corrected chi connectivity index (χ0v) is 11.1. The van der Waals surface area contributed by atoms with Crippen LogP contribution >= 0.6 is 0 Å². The summed E-state index contributed by atoms with van der Waals surface area (Å²) in [4.78, 5) is 12.1. The van der Waals surface area contributed by atoms with E-state index in [9.17, 15) is 4.79 Å². The Morgan fingerprint density at radius 3 is 3.00 bits per heavy atom. The first kappa shape index (κ1) is 11.3. The molecule has 3 atom stereocenters. The van der Waals surface area contributed by atoms with E-state index < -0.39 is 5.60 Å². The number of allylic oxidation sites excluding steroid dienone is 2. The summed E-state index contributed by atoms with van der Waals surface area (Å²) in [6.45, 7) is 4.08. The van der Waals surface area contributed by atoms with Gasteiger partial charge < -0.3 is 13.9 Å². The zero-order chi connectivity index (χ0) is 13.2. The van der Waals surface area contributed by atoms with Crippen molar-refractivity contribution >= 4 is 5.97 Å². The summed E-state index contributed by atoms with van der Waals surface area (Å²) < 4.78 is 16.9. The highest BCUT2D eigenvalue weighted by Gasteiger charge is 2.73. The molecule has 100 valence electrons. The predicted molar refractivity (Wildman–Crippen MR) is 66.6 cm³/mol. The van der Waals surface area contributed by atoms with Gasteiger partial charge in [-0.3, -0.25) is 0 Å². The van der Waals surface area contributed by atoms with Gasteiger partial charge in [0.15, 0.2) is 11.7 Å². The molecule has 0 N–H and O–H groups in total. The van der Waals surface area contributed by atoms with Crippen molar-refractivity contribution in [1.29, 1.82) is 0 Å². The van der Waals surface area contributed by atoms with E-state index in [2.05, 4.69) is 13.0 Å². The first-order valence-electron chi connectivity index (χ1n) is 6.73. The quantitative estimate of drug-likeness (QED) is 0.409. The molecule has 1 aromatic rings. The number of epoxide rings is 1. The smallest absolute Gasteiger partial charge is 0.342 e. The van der Waals surface area contributed by atoms with Crippen molar-refractivity contribution in [2.24, 2.45) is 0 Å². The number of carbonyl (C=O) groups excluding carboxylic acids is 1. The molecule has 2 saturated heterocycles. The van der Waals surface area contributed by atoms with Gasteiger partial charge in [-0.2, -0.15) is 0 Å². The maximum absolute atomic E-state index is 12.1. The van der Waals surface area contributed by atoms with Gasteiger partial charge in [0.25, 0.3) is 0 Å². The molecule has 2 fully saturated rings. The summed E-state index contributed by atoms with van der Waals surface area (Å²) in [7, 11) is 0. The molecule has 1 aromatic heterocycles. The molecular formula is C15H16O4. The average Bonchev–Trinajstić information content (AvgIpc) is 2.91. The van der Waals surface area contributed by atoms with E-state index in [0.717, 1.165) is 36.1 Å². The minimum absolute atomic E-state index is 0.123. The molecule has 4 rings (SSSR count). The highest BCUT2D eigenvalue weighted by molar-refractivity contribution is 5.87. The van der Waals surface area contributed by atoms with Crippen LogP contribution in [0.2, 0.25) is 0 Å². The Labute approximate surface area is 111 Å². The van der Waals surface area contributed by atoms with Gasteiger partial charge in [0.2, 0.25) is 0 Å². The summed E-state index contributed by atoms with van der Waals surface area (Å²) in [5, 5.41) is 0. The summed E-state index contributed by atoms with van der Waals surface area (Å²) in [6.07, 6.45) is 5.84. The largest absolute Gasteiger partial charge is 0.468 e. The van der Waals surface area contributed by atoms with Crippen LogP contribution in [0.5, 0.6) is 0 Å². The Kier molecular flexibility index (Phi) is 2.09. The molecule has 3 aliphatic rings. The standard InChI is InChI=1S/C15H16O4/c1-8-4-3-5-15-13(19-15)12(18-14(15)16)11-9(2)7-17-10(11)6-8/h4,7,12-13H,3,5-6H2,1-2H3/t12-,13-,15-/m1/s1. The Morgan fingerprint density at radius 2 is 2.21 bits per heavy atom. The molecule has 0 aromatic carbocycles. The summed E-state index contributed by atoms with van der Waals surface area (Å²) >= 11 is 0. The van der Waals surface area contributed by atoms with Crippen molar-refractivity contribution < 1.29 is 18.7 Å². The second kappa shape index (κ2) is 3.51. The number of rotatable bonds is 0. The maximum atomic E-state index is 12.1. The topological polar surface area (TPSA) is 52.0 Å². The van der Waals surface area contributed by atoms with Gasteiger partial charge in [0.1, 0.15) is 11.9 Å². The molecule has 0 radical (unpaired) electrons. The van der Waals surface area contributed by atoms with E-state index >= 15 is 0 Å². The predicted octanol–water partition coefficient (Wildman–Crippen LogP) is 2.61. The lowest BCUT2D eigenvalue weighted by atomic mass is 9.91. The van der Waals surface area contributed by atoms with Crippen LogP contribution in [0.4, 0.5) is 0 Å². The van der Waals surface area contributed by atoms with Crippen molar-refractivity contribution in [3.63, 3.8) is 0 Å². The molecule has 2 bridgehead atoms. The van der Waals surface area contributed by atoms with Crippen LogP contribution in [-0.2, 0) is 20.7 Å². The number of furan rings is 1. The SMILES string of the molecule is CC1=CCC[C@@]23O[C@@H]2[C@H](OC3=O)c2c(C)coc2C1. The number of hydrogen-bond donors (Lipinski definition) is 0. The van der Waals surface area contributed by atoms with Gasteiger partial charge in [-0.25, -0.2) is 4.79 Å². The number of aryl methyl sites for hydroxylation is 1. The van der Waals surface area contributed by atoms with Crippen LogP contribution in [0.25, 0.3) is 0 Å². The molecule has 0 spiro atoms. The Balaban J connectivity index is 1.85. The van der Waals surface area contributed by atoms with Gasteiger partial charge in [-0.05, 0) is 32.3 Å². The number of ether oxygens (including phenoxy) is 2. The van der Waals surface area contributed by atoms with Crippen LogP contribution < -0.4 is 0 Å². The third-order valence-electron chi connectivity index (χ3n) is 4.43. The first-order valence-corrected chi connectivity index (χ1v) is 6.73. The van der Waals surface area contributed by atoms with Gasteiger partial charge in [0.05, 0.1) is 6.26 Å². The molecule has 0 amide bonds. The third-order valence-corrected chi connectivity index (χ3v) is 4.43. The maximum Gasteiger partial charge on any atom is 0.342 e. The van der Waals surface area contributed by atoms with Crippen LogP contribution in [0.1, 0.15) is 42.8 Å².